The van der Waals surface area contributed by atoms with Crippen LogP contribution in [0.5, 0.6) is 0 Å². The van der Waals surface area contributed by atoms with Crippen LogP contribution in [0.4, 0.5) is 0 Å². The summed E-state index contributed by atoms with van der Waals surface area (Å²) in [4.78, 5) is 29.3. The Hall–Kier alpha value is -0.916. The van der Waals surface area contributed by atoms with Crippen LogP contribution in [0.1, 0.15) is 118 Å². The van der Waals surface area contributed by atoms with Gasteiger partial charge in [-0.1, -0.05) is 72.6 Å². The molecule has 0 bridgehead atoms. The van der Waals surface area contributed by atoms with E-state index < -0.39 is 17.9 Å². The number of carbonyl (C=O) groups is 3. The van der Waals surface area contributed by atoms with Gasteiger partial charge >= 0.3 is 21.7 Å². The van der Waals surface area contributed by atoms with Crippen molar-refractivity contribution in [2.24, 2.45) is 0 Å². The zero-order chi connectivity index (χ0) is 23.3. The van der Waals surface area contributed by atoms with Gasteiger partial charge in [0.1, 0.15) is 0 Å². The number of aliphatic hydroxyl groups is 1. The van der Waals surface area contributed by atoms with Gasteiger partial charge in [-0.2, -0.15) is 0 Å². The zero-order valence-corrected chi connectivity index (χ0v) is 21.1. The molecule has 0 aliphatic carbocycles. The van der Waals surface area contributed by atoms with E-state index in [0.29, 0.717) is 6.61 Å². The first-order chi connectivity index (χ1) is 13.7. The molecule has 177 valence electrons. The summed E-state index contributed by atoms with van der Waals surface area (Å²) in [6.45, 7) is 8.51. The molecular formula is C22H43O7Ti. The Bertz CT molecular complexity index is 301. The number of hydrogen-bond acceptors (Lipinski definition) is 7. The second-order valence-corrected chi connectivity index (χ2v) is 6.56. The molecule has 0 heterocycles. The largest absolute Gasteiger partial charge is 3.00 e. The maximum absolute atomic E-state index is 9.76. The molecule has 0 saturated carbocycles. The third-order valence-corrected chi connectivity index (χ3v) is 3.47. The Labute approximate surface area is 198 Å². The summed E-state index contributed by atoms with van der Waals surface area (Å²) in [7, 11) is 0. The molecule has 0 unspecified atom stereocenters. The summed E-state index contributed by atoms with van der Waals surface area (Å²) in [5.41, 5.74) is 0. The third-order valence-electron chi connectivity index (χ3n) is 3.47. The molecule has 0 aromatic rings. The Kier molecular flexibility index (Phi) is 51.0. The van der Waals surface area contributed by atoms with Crippen molar-refractivity contribution >= 4 is 17.9 Å². The Morgan fingerprint density at radius 3 is 0.867 bits per heavy atom. The van der Waals surface area contributed by atoms with Crippen molar-refractivity contribution < 1.29 is 56.5 Å². The quantitative estimate of drug-likeness (QED) is 0.303. The fourth-order valence-electron chi connectivity index (χ4n) is 1.72. The molecule has 0 atom stereocenters. The van der Waals surface area contributed by atoms with Crippen LogP contribution in [0.15, 0.2) is 0 Å². The first kappa shape index (κ1) is 39.5. The number of hydrogen-bond donors (Lipinski definition) is 1. The molecular weight excluding hydrogens is 424 g/mol. The van der Waals surface area contributed by atoms with Gasteiger partial charge in [0.25, 0.3) is 0 Å². The fourth-order valence-corrected chi connectivity index (χ4v) is 1.72. The second kappa shape index (κ2) is 38.7. The molecule has 1 N–H and O–H groups in total. The SMILES string of the molecule is CCCCCC(=O)[O-].CCCCCC(=O)[O-].CCCCCC(=O)[O-].CCCCO.[Ti+3]. The molecule has 0 amide bonds. The Balaban J connectivity index is -0.0000000929. The van der Waals surface area contributed by atoms with Gasteiger partial charge in [0.15, 0.2) is 0 Å². The number of carbonyl (C=O) groups excluding carboxylic acids is 3. The number of aliphatic carboxylic acids is 3. The van der Waals surface area contributed by atoms with Crippen molar-refractivity contribution in [3.8, 4) is 0 Å². The molecule has 0 rings (SSSR count). The first-order valence-corrected chi connectivity index (χ1v) is 10.9. The van der Waals surface area contributed by atoms with Gasteiger partial charge in [0.05, 0.1) is 0 Å². The monoisotopic (exact) mass is 467 g/mol. The molecule has 0 fully saturated rings. The average Bonchev–Trinajstić information content (AvgIpc) is 2.64. The van der Waals surface area contributed by atoms with Crippen molar-refractivity contribution in [1.29, 1.82) is 0 Å². The van der Waals surface area contributed by atoms with Gasteiger partial charge in [0, 0.05) is 24.5 Å². The molecule has 30 heavy (non-hydrogen) atoms. The number of rotatable bonds is 14. The van der Waals surface area contributed by atoms with Crippen LogP contribution in [-0.2, 0) is 36.1 Å². The molecule has 0 aliphatic heterocycles. The number of aliphatic hydroxyl groups excluding tert-OH is 1. The number of carboxylic acid groups (broad SMARTS) is 3. The van der Waals surface area contributed by atoms with E-state index in [2.05, 4.69) is 6.92 Å². The van der Waals surface area contributed by atoms with Crippen LogP contribution >= 0.6 is 0 Å². The van der Waals surface area contributed by atoms with Crippen LogP contribution in [0.2, 0.25) is 0 Å². The molecule has 0 saturated heterocycles. The fraction of sp³-hybridized carbons (Fsp3) is 0.864. The second-order valence-electron chi connectivity index (χ2n) is 6.56. The molecule has 0 spiro atoms. The standard InChI is InChI=1S/3C6H12O2.C4H10O.Ti/c3*1-2-3-4-5-6(7)8;1-2-3-4-5;/h3*2-5H2,1H3,(H,7,8);5H,2-4H2,1H3;/q;;;;+3/p-3. The van der Waals surface area contributed by atoms with Gasteiger partial charge in [0.2, 0.25) is 0 Å². The Morgan fingerprint density at radius 1 is 0.533 bits per heavy atom. The van der Waals surface area contributed by atoms with E-state index in [1.807, 2.05) is 20.8 Å². The number of unbranched alkanes of at least 4 members (excludes halogenated alkanes) is 7. The summed E-state index contributed by atoms with van der Waals surface area (Å²) in [5.74, 6) is -2.80. The molecule has 7 nitrogen and oxygen atoms in total. The van der Waals surface area contributed by atoms with Gasteiger partial charge in [-0.25, -0.2) is 0 Å². The summed E-state index contributed by atoms with van der Waals surface area (Å²) in [6.07, 6.45) is 11.1. The van der Waals surface area contributed by atoms with E-state index in [1.54, 1.807) is 0 Å². The minimum absolute atomic E-state index is 0. The molecule has 0 aromatic heterocycles. The molecule has 0 aromatic carbocycles. The average molecular weight is 467 g/mol. The summed E-state index contributed by atoms with van der Waals surface area (Å²) in [5, 5.41) is 37.4. The third kappa shape index (κ3) is 71.2. The molecule has 0 aliphatic rings. The predicted molar refractivity (Wildman–Crippen MR) is 109 cm³/mol. The van der Waals surface area contributed by atoms with Gasteiger partial charge in [-0.15, -0.1) is 0 Å². The van der Waals surface area contributed by atoms with Crippen molar-refractivity contribution in [3.63, 3.8) is 0 Å². The van der Waals surface area contributed by atoms with Crippen molar-refractivity contribution in [1.82, 2.24) is 0 Å². The van der Waals surface area contributed by atoms with Crippen molar-refractivity contribution in [2.75, 3.05) is 6.61 Å². The van der Waals surface area contributed by atoms with Gasteiger partial charge < -0.3 is 34.8 Å². The van der Waals surface area contributed by atoms with E-state index >= 15 is 0 Å². The maximum Gasteiger partial charge on any atom is 3.00 e. The topological polar surface area (TPSA) is 141 Å². The number of carboxylic acids is 3. The van der Waals surface area contributed by atoms with Crippen LogP contribution in [0, 0.1) is 0 Å². The summed E-state index contributed by atoms with van der Waals surface area (Å²) in [6, 6.07) is 0. The van der Waals surface area contributed by atoms with Crippen LogP contribution in [0.3, 0.4) is 0 Å². The van der Waals surface area contributed by atoms with E-state index in [4.69, 9.17) is 5.11 Å². The van der Waals surface area contributed by atoms with Crippen molar-refractivity contribution in [3.05, 3.63) is 0 Å². The van der Waals surface area contributed by atoms with E-state index in [0.717, 1.165) is 70.6 Å². The van der Waals surface area contributed by atoms with E-state index in [-0.39, 0.29) is 41.0 Å². The minimum atomic E-state index is -0.932. The van der Waals surface area contributed by atoms with Gasteiger partial charge in [-0.3, -0.25) is 0 Å². The molecule has 1 radical (unpaired) electrons. The van der Waals surface area contributed by atoms with Crippen molar-refractivity contribution in [2.45, 2.75) is 118 Å². The maximum atomic E-state index is 9.76. The first-order valence-electron chi connectivity index (χ1n) is 10.9. The van der Waals surface area contributed by atoms with Gasteiger partial charge in [-0.05, 0) is 44.9 Å². The summed E-state index contributed by atoms with van der Waals surface area (Å²) >= 11 is 0. The zero-order valence-electron chi connectivity index (χ0n) is 19.5. The minimum Gasteiger partial charge on any atom is -0.550 e. The summed E-state index contributed by atoms with van der Waals surface area (Å²) < 4.78 is 0. The smallest absolute Gasteiger partial charge is 0.550 e. The van der Waals surface area contributed by atoms with E-state index in [9.17, 15) is 29.7 Å². The normalized spacial score (nSPS) is 8.70. The van der Waals surface area contributed by atoms with E-state index in [1.165, 1.54) is 0 Å². The van der Waals surface area contributed by atoms with Crippen LogP contribution in [0.25, 0.3) is 0 Å². The van der Waals surface area contributed by atoms with Crippen LogP contribution in [-0.4, -0.2) is 29.6 Å². The Morgan fingerprint density at radius 2 is 0.767 bits per heavy atom. The molecule has 8 heteroatoms. The van der Waals surface area contributed by atoms with Crippen LogP contribution < -0.4 is 15.3 Å². The predicted octanol–water partition coefficient (Wildman–Crippen LogP) is 1.73.